The number of aryl methyl sites for hydroxylation is 1. The van der Waals surface area contributed by atoms with Crippen molar-refractivity contribution in [2.75, 3.05) is 6.54 Å². The number of carbonyl (C=O) groups is 1. The zero-order chi connectivity index (χ0) is 18.1. The quantitative estimate of drug-likeness (QED) is 0.778. The van der Waals surface area contributed by atoms with Crippen molar-refractivity contribution in [3.05, 3.63) is 71.3 Å². The summed E-state index contributed by atoms with van der Waals surface area (Å²) in [7, 11) is 0. The zero-order valence-corrected chi connectivity index (χ0v) is 14.5. The second kappa shape index (κ2) is 9.61. The van der Waals surface area contributed by atoms with Crippen LogP contribution in [-0.2, 0) is 11.2 Å². The average Bonchev–Trinajstić information content (AvgIpc) is 2.64. The van der Waals surface area contributed by atoms with Crippen molar-refractivity contribution in [2.24, 2.45) is 0 Å². The first-order valence-electron chi connectivity index (χ1n) is 8.57. The topological polar surface area (TPSA) is 73.1 Å². The van der Waals surface area contributed by atoms with Crippen LogP contribution in [0, 0.1) is 11.3 Å². The van der Waals surface area contributed by atoms with Crippen LogP contribution in [0.3, 0.4) is 0 Å². The predicted octanol–water partition coefficient (Wildman–Crippen LogP) is 3.16. The second-order valence-corrected chi connectivity index (χ2v) is 6.31. The molecule has 0 radical (unpaired) electrons. The summed E-state index contributed by atoms with van der Waals surface area (Å²) in [5.74, 6) is 0.0935. The summed E-state index contributed by atoms with van der Waals surface area (Å²) in [6, 6.07) is 19.3. The van der Waals surface area contributed by atoms with Crippen LogP contribution in [0.2, 0.25) is 0 Å². The number of nitrogens with zero attached hydrogens (tertiary/aromatic N) is 1. The summed E-state index contributed by atoms with van der Waals surface area (Å²) in [5, 5.41) is 21.5. The molecule has 0 aliphatic rings. The fraction of sp³-hybridized carbons (Fsp3) is 0.333. The standard InChI is InChI=1S/C21H24N2O2/c1-16(24)13-20(19-5-3-2-4-6-19)15-23-21(25)12-11-17-7-9-18(14-22)10-8-17/h2-10,16,20,24H,11-13,15H2,1H3,(H,23,25). The summed E-state index contributed by atoms with van der Waals surface area (Å²) < 4.78 is 0. The van der Waals surface area contributed by atoms with Gasteiger partial charge in [-0.2, -0.15) is 5.26 Å². The fourth-order valence-corrected chi connectivity index (χ4v) is 2.80. The van der Waals surface area contributed by atoms with E-state index in [1.54, 1.807) is 19.1 Å². The highest BCUT2D eigenvalue weighted by Gasteiger charge is 2.15. The molecule has 4 heteroatoms. The van der Waals surface area contributed by atoms with Gasteiger partial charge in [-0.25, -0.2) is 0 Å². The van der Waals surface area contributed by atoms with Gasteiger partial charge < -0.3 is 10.4 Å². The molecule has 0 aliphatic heterocycles. The molecule has 0 fully saturated rings. The molecule has 130 valence electrons. The highest BCUT2D eigenvalue weighted by Crippen LogP contribution is 2.20. The van der Waals surface area contributed by atoms with Gasteiger partial charge in [0.1, 0.15) is 0 Å². The number of carbonyl (C=O) groups excluding carboxylic acids is 1. The number of hydrogen-bond acceptors (Lipinski definition) is 3. The molecule has 1 amide bonds. The van der Waals surface area contributed by atoms with Gasteiger partial charge in [-0.3, -0.25) is 4.79 Å². The van der Waals surface area contributed by atoms with Crippen molar-refractivity contribution in [1.82, 2.24) is 5.32 Å². The normalized spacial score (nSPS) is 12.8. The average molecular weight is 336 g/mol. The third-order valence-electron chi connectivity index (χ3n) is 4.17. The minimum atomic E-state index is -0.416. The molecule has 0 bridgehead atoms. The summed E-state index contributed by atoms with van der Waals surface area (Å²) in [5.41, 5.74) is 2.78. The highest BCUT2D eigenvalue weighted by molar-refractivity contribution is 5.76. The molecular weight excluding hydrogens is 312 g/mol. The number of aliphatic hydroxyl groups excluding tert-OH is 1. The van der Waals surface area contributed by atoms with E-state index in [9.17, 15) is 9.90 Å². The number of aliphatic hydroxyl groups is 1. The van der Waals surface area contributed by atoms with Crippen molar-refractivity contribution in [3.63, 3.8) is 0 Å². The van der Waals surface area contributed by atoms with Gasteiger partial charge in [0.25, 0.3) is 0 Å². The van der Waals surface area contributed by atoms with E-state index in [-0.39, 0.29) is 11.8 Å². The van der Waals surface area contributed by atoms with Crippen molar-refractivity contribution < 1.29 is 9.90 Å². The van der Waals surface area contributed by atoms with E-state index in [4.69, 9.17) is 5.26 Å². The van der Waals surface area contributed by atoms with Gasteiger partial charge in [0.05, 0.1) is 17.7 Å². The van der Waals surface area contributed by atoms with Crippen molar-refractivity contribution >= 4 is 5.91 Å². The Balaban J connectivity index is 1.84. The molecule has 2 N–H and O–H groups in total. The largest absolute Gasteiger partial charge is 0.393 e. The number of rotatable bonds is 8. The Labute approximate surface area is 149 Å². The van der Waals surface area contributed by atoms with E-state index in [2.05, 4.69) is 11.4 Å². The molecule has 2 atom stereocenters. The van der Waals surface area contributed by atoms with E-state index in [1.165, 1.54) is 0 Å². The predicted molar refractivity (Wildman–Crippen MR) is 98.0 cm³/mol. The maximum atomic E-state index is 12.1. The molecule has 2 aromatic rings. The lowest BCUT2D eigenvalue weighted by molar-refractivity contribution is -0.121. The Kier molecular flexibility index (Phi) is 7.18. The summed E-state index contributed by atoms with van der Waals surface area (Å²) in [6.45, 7) is 2.28. The molecule has 0 saturated carbocycles. The van der Waals surface area contributed by atoms with Gasteiger partial charge in [0.15, 0.2) is 0 Å². The van der Waals surface area contributed by atoms with E-state index in [0.717, 1.165) is 11.1 Å². The first-order chi connectivity index (χ1) is 12.1. The Bertz CT molecular complexity index is 703. The van der Waals surface area contributed by atoms with Gasteiger partial charge in [0.2, 0.25) is 5.91 Å². The number of benzene rings is 2. The minimum Gasteiger partial charge on any atom is -0.393 e. The lowest BCUT2D eigenvalue weighted by Gasteiger charge is -2.19. The molecule has 2 rings (SSSR count). The van der Waals surface area contributed by atoms with Gasteiger partial charge in [-0.05, 0) is 43.0 Å². The second-order valence-electron chi connectivity index (χ2n) is 6.31. The number of amides is 1. The summed E-state index contributed by atoms with van der Waals surface area (Å²) >= 11 is 0. The number of nitrogens with one attached hydrogen (secondary N) is 1. The van der Waals surface area contributed by atoms with Crippen LogP contribution in [0.15, 0.2) is 54.6 Å². The molecule has 4 nitrogen and oxygen atoms in total. The summed E-state index contributed by atoms with van der Waals surface area (Å²) in [6.07, 6.45) is 1.24. The smallest absolute Gasteiger partial charge is 0.220 e. The van der Waals surface area contributed by atoms with Crippen LogP contribution < -0.4 is 5.32 Å². The van der Waals surface area contributed by atoms with Gasteiger partial charge in [-0.15, -0.1) is 0 Å². The van der Waals surface area contributed by atoms with Crippen LogP contribution in [0.5, 0.6) is 0 Å². The molecule has 0 heterocycles. The highest BCUT2D eigenvalue weighted by atomic mass is 16.3. The third-order valence-corrected chi connectivity index (χ3v) is 4.17. The SMILES string of the molecule is CC(O)CC(CNC(=O)CCc1ccc(C#N)cc1)c1ccccc1. The zero-order valence-electron chi connectivity index (χ0n) is 14.5. The third kappa shape index (κ3) is 6.40. The van der Waals surface area contributed by atoms with Crippen LogP contribution in [0.1, 0.15) is 42.4 Å². The van der Waals surface area contributed by atoms with Gasteiger partial charge in [-0.1, -0.05) is 42.5 Å². The van der Waals surface area contributed by atoms with E-state index < -0.39 is 6.10 Å². The molecule has 2 unspecified atom stereocenters. The lowest BCUT2D eigenvalue weighted by atomic mass is 9.93. The Morgan fingerprint density at radius 2 is 1.84 bits per heavy atom. The first-order valence-corrected chi connectivity index (χ1v) is 8.57. The van der Waals surface area contributed by atoms with Gasteiger partial charge in [0, 0.05) is 18.9 Å². The monoisotopic (exact) mass is 336 g/mol. The van der Waals surface area contributed by atoms with Crippen LogP contribution >= 0.6 is 0 Å². The number of hydrogen-bond donors (Lipinski definition) is 2. The maximum Gasteiger partial charge on any atom is 0.220 e. The van der Waals surface area contributed by atoms with Crippen molar-refractivity contribution in [1.29, 1.82) is 5.26 Å². The minimum absolute atomic E-state index is 0.00381. The Hall–Kier alpha value is -2.64. The maximum absolute atomic E-state index is 12.1. The van der Waals surface area contributed by atoms with Gasteiger partial charge >= 0.3 is 0 Å². The molecule has 25 heavy (non-hydrogen) atoms. The van der Waals surface area contributed by atoms with E-state index in [1.807, 2.05) is 42.5 Å². The van der Waals surface area contributed by atoms with E-state index >= 15 is 0 Å². The Morgan fingerprint density at radius 3 is 2.44 bits per heavy atom. The molecule has 2 aromatic carbocycles. The Morgan fingerprint density at radius 1 is 1.16 bits per heavy atom. The van der Waals surface area contributed by atoms with Crippen molar-refractivity contribution in [3.8, 4) is 6.07 Å². The lowest BCUT2D eigenvalue weighted by Crippen LogP contribution is -2.29. The molecule has 0 aliphatic carbocycles. The molecule has 0 spiro atoms. The summed E-state index contributed by atoms with van der Waals surface area (Å²) in [4.78, 5) is 12.1. The molecular formula is C21H24N2O2. The van der Waals surface area contributed by atoms with Crippen LogP contribution in [0.4, 0.5) is 0 Å². The van der Waals surface area contributed by atoms with Crippen LogP contribution in [-0.4, -0.2) is 23.7 Å². The van der Waals surface area contributed by atoms with Crippen molar-refractivity contribution in [2.45, 2.75) is 38.2 Å². The fourth-order valence-electron chi connectivity index (χ4n) is 2.80. The van der Waals surface area contributed by atoms with Crippen LogP contribution in [0.25, 0.3) is 0 Å². The number of nitriles is 1. The van der Waals surface area contributed by atoms with E-state index in [0.29, 0.717) is 31.4 Å². The first kappa shape index (κ1) is 18.7. The molecule has 0 saturated heterocycles. The molecule has 0 aromatic heterocycles.